The Morgan fingerprint density at radius 3 is 2.75 bits per heavy atom. The molecule has 1 rings (SSSR count). The molecule has 0 radical (unpaired) electrons. The monoisotopic (exact) mass is 222 g/mol. The maximum absolute atomic E-state index is 5.43. The first-order valence-electron chi connectivity index (χ1n) is 5.97. The van der Waals surface area contributed by atoms with Crippen LogP contribution >= 0.6 is 0 Å². The Labute approximate surface area is 98.2 Å². The lowest BCUT2D eigenvalue weighted by Crippen LogP contribution is -2.21. The van der Waals surface area contributed by atoms with Crippen molar-refractivity contribution < 1.29 is 4.74 Å². The quantitative estimate of drug-likeness (QED) is 0.720. The maximum Gasteiger partial charge on any atom is 0.0887 e. The minimum atomic E-state index is 0.507. The number of ether oxygens (including phenoxy) is 1. The van der Waals surface area contributed by atoms with Gasteiger partial charge in [0.05, 0.1) is 12.3 Å². The number of nitrogens with zero attached hydrogens (tertiary/aromatic N) is 1. The standard InChI is InChI=1S/C13H22N2O/c1-4-7-16-10-13-6-5-12(9-15-13)8-14-11(2)3/h5-6,9,11,14H,4,7-8,10H2,1-3H3. The predicted molar refractivity (Wildman–Crippen MR) is 66.2 cm³/mol. The molecule has 1 heterocycles. The van der Waals surface area contributed by atoms with Crippen LogP contribution in [0.5, 0.6) is 0 Å². The molecule has 0 saturated carbocycles. The zero-order valence-electron chi connectivity index (χ0n) is 10.5. The topological polar surface area (TPSA) is 34.1 Å². The van der Waals surface area contributed by atoms with Crippen LogP contribution in [-0.4, -0.2) is 17.6 Å². The van der Waals surface area contributed by atoms with Crippen LogP contribution < -0.4 is 5.32 Å². The van der Waals surface area contributed by atoms with E-state index in [4.69, 9.17) is 4.74 Å². The Hall–Kier alpha value is -0.930. The van der Waals surface area contributed by atoms with E-state index in [0.717, 1.165) is 25.3 Å². The van der Waals surface area contributed by atoms with E-state index < -0.39 is 0 Å². The summed E-state index contributed by atoms with van der Waals surface area (Å²) in [5.74, 6) is 0. The summed E-state index contributed by atoms with van der Waals surface area (Å²) in [6.07, 6.45) is 2.97. The Balaban J connectivity index is 2.35. The summed E-state index contributed by atoms with van der Waals surface area (Å²) in [5, 5.41) is 3.36. The average molecular weight is 222 g/mol. The highest BCUT2D eigenvalue weighted by Crippen LogP contribution is 2.02. The molecule has 3 heteroatoms. The van der Waals surface area contributed by atoms with Crippen molar-refractivity contribution in [1.82, 2.24) is 10.3 Å². The van der Waals surface area contributed by atoms with E-state index in [1.807, 2.05) is 12.3 Å². The van der Waals surface area contributed by atoms with E-state index in [1.54, 1.807) is 0 Å². The van der Waals surface area contributed by atoms with Crippen LogP contribution in [0.15, 0.2) is 18.3 Å². The van der Waals surface area contributed by atoms with Gasteiger partial charge >= 0.3 is 0 Å². The Morgan fingerprint density at radius 2 is 2.19 bits per heavy atom. The highest BCUT2D eigenvalue weighted by Gasteiger charge is 1.97. The fourth-order valence-electron chi connectivity index (χ4n) is 1.29. The van der Waals surface area contributed by atoms with Gasteiger partial charge in [-0.1, -0.05) is 26.8 Å². The van der Waals surface area contributed by atoms with Crippen molar-refractivity contribution in [1.29, 1.82) is 0 Å². The van der Waals surface area contributed by atoms with Crippen LogP contribution in [0.2, 0.25) is 0 Å². The fourth-order valence-corrected chi connectivity index (χ4v) is 1.29. The summed E-state index contributed by atoms with van der Waals surface area (Å²) in [5.41, 5.74) is 2.22. The molecule has 16 heavy (non-hydrogen) atoms. The molecule has 0 spiro atoms. The molecule has 90 valence electrons. The van der Waals surface area contributed by atoms with E-state index >= 15 is 0 Å². The van der Waals surface area contributed by atoms with Crippen molar-refractivity contribution in [2.24, 2.45) is 0 Å². The minimum Gasteiger partial charge on any atom is -0.375 e. The molecule has 0 fully saturated rings. The number of hydrogen-bond acceptors (Lipinski definition) is 3. The first-order chi connectivity index (χ1) is 7.72. The van der Waals surface area contributed by atoms with Gasteiger partial charge in [-0.25, -0.2) is 0 Å². The third-order valence-corrected chi connectivity index (χ3v) is 2.20. The normalized spacial score (nSPS) is 11.0. The molecule has 0 amide bonds. The van der Waals surface area contributed by atoms with E-state index in [-0.39, 0.29) is 0 Å². The summed E-state index contributed by atoms with van der Waals surface area (Å²) >= 11 is 0. The summed E-state index contributed by atoms with van der Waals surface area (Å²) in [7, 11) is 0. The van der Waals surface area contributed by atoms with Gasteiger partial charge in [0.15, 0.2) is 0 Å². The molecule has 3 nitrogen and oxygen atoms in total. The third-order valence-electron chi connectivity index (χ3n) is 2.20. The molecule has 0 atom stereocenters. The van der Waals surface area contributed by atoms with Gasteiger partial charge in [-0.15, -0.1) is 0 Å². The lowest BCUT2D eigenvalue weighted by atomic mass is 10.2. The van der Waals surface area contributed by atoms with Gasteiger partial charge in [0.1, 0.15) is 0 Å². The largest absolute Gasteiger partial charge is 0.375 e. The Morgan fingerprint density at radius 1 is 1.38 bits per heavy atom. The van der Waals surface area contributed by atoms with Gasteiger partial charge < -0.3 is 10.1 Å². The molecule has 1 N–H and O–H groups in total. The summed E-state index contributed by atoms with van der Waals surface area (Å²) in [6, 6.07) is 4.65. The molecule has 0 aliphatic heterocycles. The summed E-state index contributed by atoms with van der Waals surface area (Å²) in [4.78, 5) is 4.36. The SMILES string of the molecule is CCCOCc1ccc(CNC(C)C)cn1. The maximum atomic E-state index is 5.43. The number of rotatable bonds is 7. The molecule has 0 bridgehead atoms. The van der Waals surface area contributed by atoms with Crippen molar-refractivity contribution >= 4 is 0 Å². The van der Waals surface area contributed by atoms with Gasteiger partial charge in [-0.05, 0) is 18.1 Å². The highest BCUT2D eigenvalue weighted by molar-refractivity contribution is 5.13. The lowest BCUT2D eigenvalue weighted by molar-refractivity contribution is 0.119. The lowest BCUT2D eigenvalue weighted by Gasteiger charge is -2.08. The third kappa shape index (κ3) is 5.24. The second-order valence-corrected chi connectivity index (χ2v) is 4.25. The van der Waals surface area contributed by atoms with Gasteiger partial charge in [0.25, 0.3) is 0 Å². The van der Waals surface area contributed by atoms with Crippen molar-refractivity contribution in [2.75, 3.05) is 6.61 Å². The molecular weight excluding hydrogens is 200 g/mol. The van der Waals surface area contributed by atoms with Gasteiger partial charge in [-0.3, -0.25) is 4.98 Å². The number of aromatic nitrogens is 1. The van der Waals surface area contributed by atoms with Crippen LogP contribution in [0.1, 0.15) is 38.4 Å². The van der Waals surface area contributed by atoms with E-state index in [9.17, 15) is 0 Å². The van der Waals surface area contributed by atoms with Crippen molar-refractivity contribution in [2.45, 2.75) is 46.4 Å². The van der Waals surface area contributed by atoms with Crippen LogP contribution in [0.25, 0.3) is 0 Å². The minimum absolute atomic E-state index is 0.507. The number of hydrogen-bond donors (Lipinski definition) is 1. The van der Waals surface area contributed by atoms with Crippen LogP contribution in [0.4, 0.5) is 0 Å². The summed E-state index contributed by atoms with van der Waals surface area (Å²) in [6.45, 7) is 8.68. The fraction of sp³-hybridized carbons (Fsp3) is 0.615. The smallest absolute Gasteiger partial charge is 0.0887 e. The van der Waals surface area contributed by atoms with Gasteiger partial charge in [0.2, 0.25) is 0 Å². The van der Waals surface area contributed by atoms with Gasteiger partial charge in [-0.2, -0.15) is 0 Å². The van der Waals surface area contributed by atoms with Crippen LogP contribution in [-0.2, 0) is 17.9 Å². The van der Waals surface area contributed by atoms with E-state index in [2.05, 4.69) is 37.1 Å². The molecule has 0 aliphatic carbocycles. The summed E-state index contributed by atoms with van der Waals surface area (Å²) < 4.78 is 5.43. The highest BCUT2D eigenvalue weighted by atomic mass is 16.5. The van der Waals surface area contributed by atoms with Crippen LogP contribution in [0.3, 0.4) is 0 Å². The van der Waals surface area contributed by atoms with E-state index in [0.29, 0.717) is 12.6 Å². The average Bonchev–Trinajstić information content (AvgIpc) is 2.28. The molecular formula is C13H22N2O. The zero-order valence-corrected chi connectivity index (χ0v) is 10.5. The molecule has 0 unspecified atom stereocenters. The second-order valence-electron chi connectivity index (χ2n) is 4.25. The second kappa shape index (κ2) is 7.36. The van der Waals surface area contributed by atoms with Crippen molar-refractivity contribution in [3.05, 3.63) is 29.6 Å². The van der Waals surface area contributed by atoms with Crippen molar-refractivity contribution in [3.63, 3.8) is 0 Å². The first kappa shape index (κ1) is 13.1. The first-order valence-corrected chi connectivity index (χ1v) is 5.97. The van der Waals surface area contributed by atoms with E-state index in [1.165, 1.54) is 5.56 Å². The molecule has 0 aliphatic rings. The molecule has 0 aromatic carbocycles. The predicted octanol–water partition coefficient (Wildman–Crippen LogP) is 2.51. The van der Waals surface area contributed by atoms with Crippen LogP contribution in [0, 0.1) is 0 Å². The molecule has 1 aromatic rings. The molecule has 0 saturated heterocycles. The number of pyridine rings is 1. The van der Waals surface area contributed by atoms with Gasteiger partial charge in [0, 0.05) is 25.4 Å². The zero-order chi connectivity index (χ0) is 11.8. The Kier molecular flexibility index (Phi) is 6.04. The number of nitrogens with one attached hydrogen (secondary N) is 1. The molecule has 1 aromatic heterocycles. The van der Waals surface area contributed by atoms with Crippen molar-refractivity contribution in [3.8, 4) is 0 Å². The Bertz CT molecular complexity index is 282.